The van der Waals surface area contributed by atoms with Crippen molar-refractivity contribution in [2.75, 3.05) is 17.9 Å². The minimum atomic E-state index is 0.638. The Morgan fingerprint density at radius 3 is 2.33 bits per heavy atom. The number of rotatable bonds is 4. The Morgan fingerprint density at radius 2 is 1.83 bits per heavy atom. The topological polar surface area (TPSA) is 50.4 Å². The molecule has 1 rings (SSSR count). The molecule has 0 radical (unpaired) electrons. The first-order chi connectivity index (χ1) is 5.86. The maximum absolute atomic E-state index is 10.0. The highest BCUT2D eigenvalue weighted by molar-refractivity contribution is 5.71. The van der Waals surface area contributed by atoms with Gasteiger partial charge in [-0.05, 0) is 24.3 Å². The lowest BCUT2D eigenvalue weighted by atomic mass is 10.3. The van der Waals surface area contributed by atoms with Gasteiger partial charge in [-0.2, -0.15) is 0 Å². The average molecular weight is 166 g/mol. The summed E-state index contributed by atoms with van der Waals surface area (Å²) in [6.07, 6.45) is 0.638. The van der Waals surface area contributed by atoms with Gasteiger partial charge in [0.2, 0.25) is 6.41 Å². The predicted octanol–water partition coefficient (Wildman–Crippen LogP) is 1.23. The lowest BCUT2D eigenvalue weighted by Gasteiger charge is -2.03. The summed E-state index contributed by atoms with van der Waals surface area (Å²) in [5.41, 5.74) is 4.26. The molecule has 0 aliphatic rings. The molecule has 1 aromatic carbocycles. The molecule has 12 heavy (non-hydrogen) atoms. The Bertz CT molecular complexity index is 246. The van der Waals surface area contributed by atoms with Crippen LogP contribution in [0.3, 0.4) is 0 Å². The minimum Gasteiger partial charge on any atom is -0.329 e. The van der Waals surface area contributed by atoms with Crippen molar-refractivity contribution in [1.82, 2.24) is 0 Å². The molecular formula is C8H10N2O2. The molecule has 0 aromatic heterocycles. The normalized spacial score (nSPS) is 9.08. The second kappa shape index (κ2) is 4.35. The van der Waals surface area contributed by atoms with Crippen LogP contribution in [0.15, 0.2) is 24.3 Å². The molecule has 0 heterocycles. The number of amides is 1. The van der Waals surface area contributed by atoms with Gasteiger partial charge in [-0.3, -0.25) is 15.1 Å². The van der Waals surface area contributed by atoms with Gasteiger partial charge < -0.3 is 5.32 Å². The van der Waals surface area contributed by atoms with Gasteiger partial charge >= 0.3 is 0 Å². The van der Waals surface area contributed by atoms with Gasteiger partial charge in [0, 0.05) is 5.69 Å². The molecule has 0 unspecified atom stereocenters. The standard InChI is InChI=1S/C8H10N2O2/c1-12-10-8-4-2-7(3-5-8)9-6-11/h2-6,10H,1H3,(H,9,11). The van der Waals surface area contributed by atoms with Crippen LogP contribution in [0, 0.1) is 0 Å². The van der Waals surface area contributed by atoms with Crippen molar-refractivity contribution in [1.29, 1.82) is 0 Å². The first-order valence-corrected chi connectivity index (χ1v) is 3.46. The molecule has 2 N–H and O–H groups in total. The van der Waals surface area contributed by atoms with Crippen molar-refractivity contribution in [3.05, 3.63) is 24.3 Å². The molecule has 4 heteroatoms. The van der Waals surface area contributed by atoms with Crippen LogP contribution in [0.1, 0.15) is 0 Å². The van der Waals surface area contributed by atoms with Gasteiger partial charge in [0.05, 0.1) is 12.8 Å². The Labute approximate surface area is 70.5 Å². The summed E-state index contributed by atoms with van der Waals surface area (Å²) in [6.45, 7) is 0. The van der Waals surface area contributed by atoms with Gasteiger partial charge in [-0.25, -0.2) is 0 Å². The zero-order valence-corrected chi connectivity index (χ0v) is 6.70. The summed E-state index contributed by atoms with van der Waals surface area (Å²) in [6, 6.07) is 7.15. The van der Waals surface area contributed by atoms with E-state index in [1.807, 2.05) is 0 Å². The molecule has 0 saturated heterocycles. The predicted molar refractivity (Wildman–Crippen MR) is 46.8 cm³/mol. The summed E-state index contributed by atoms with van der Waals surface area (Å²) in [5, 5.41) is 2.53. The molecular weight excluding hydrogens is 156 g/mol. The van der Waals surface area contributed by atoms with Gasteiger partial charge in [0.25, 0.3) is 0 Å². The number of nitrogens with one attached hydrogen (secondary N) is 2. The smallest absolute Gasteiger partial charge is 0.211 e. The number of carbonyl (C=O) groups is 1. The van der Waals surface area contributed by atoms with E-state index in [1.165, 1.54) is 7.11 Å². The Hall–Kier alpha value is -1.55. The SMILES string of the molecule is CONc1ccc(NC=O)cc1. The van der Waals surface area contributed by atoms with Gasteiger partial charge in [-0.1, -0.05) is 0 Å². The van der Waals surface area contributed by atoms with Crippen LogP contribution in [0.4, 0.5) is 11.4 Å². The molecule has 0 aliphatic carbocycles. The quantitative estimate of drug-likeness (QED) is 0.522. The highest BCUT2D eigenvalue weighted by atomic mass is 16.6. The first kappa shape index (κ1) is 8.55. The maximum atomic E-state index is 10.0. The third-order valence-corrected chi connectivity index (χ3v) is 1.33. The summed E-state index contributed by atoms with van der Waals surface area (Å²) < 4.78 is 0. The third kappa shape index (κ3) is 2.25. The van der Waals surface area contributed by atoms with Crippen LogP contribution in [0.25, 0.3) is 0 Å². The largest absolute Gasteiger partial charge is 0.329 e. The van der Waals surface area contributed by atoms with Gasteiger partial charge in [0.15, 0.2) is 0 Å². The van der Waals surface area contributed by atoms with E-state index in [4.69, 9.17) is 0 Å². The second-order valence-electron chi connectivity index (χ2n) is 2.15. The fraction of sp³-hybridized carbons (Fsp3) is 0.125. The zero-order valence-electron chi connectivity index (χ0n) is 6.70. The van der Waals surface area contributed by atoms with Crippen molar-refractivity contribution < 1.29 is 9.63 Å². The molecule has 64 valence electrons. The zero-order chi connectivity index (χ0) is 8.81. The van der Waals surface area contributed by atoms with Crippen molar-refractivity contribution in [3.63, 3.8) is 0 Å². The molecule has 0 saturated carbocycles. The van der Waals surface area contributed by atoms with E-state index in [9.17, 15) is 4.79 Å². The molecule has 0 bridgehead atoms. The van der Waals surface area contributed by atoms with E-state index in [2.05, 4.69) is 15.6 Å². The van der Waals surface area contributed by atoms with E-state index in [-0.39, 0.29) is 0 Å². The number of hydrogen-bond acceptors (Lipinski definition) is 3. The Balaban J connectivity index is 2.64. The van der Waals surface area contributed by atoms with Crippen molar-refractivity contribution in [2.24, 2.45) is 0 Å². The summed E-state index contributed by atoms with van der Waals surface area (Å²) in [5.74, 6) is 0. The molecule has 1 aromatic rings. The van der Waals surface area contributed by atoms with E-state index in [0.717, 1.165) is 11.4 Å². The molecule has 4 nitrogen and oxygen atoms in total. The number of hydrogen-bond donors (Lipinski definition) is 2. The number of anilines is 2. The molecule has 0 atom stereocenters. The van der Waals surface area contributed by atoms with Crippen LogP contribution in [-0.4, -0.2) is 13.5 Å². The van der Waals surface area contributed by atoms with Gasteiger partial charge in [-0.15, -0.1) is 0 Å². The van der Waals surface area contributed by atoms with Crippen molar-refractivity contribution in [3.8, 4) is 0 Å². The summed E-state index contributed by atoms with van der Waals surface area (Å²) in [4.78, 5) is 14.7. The first-order valence-electron chi connectivity index (χ1n) is 3.46. The van der Waals surface area contributed by atoms with E-state index in [0.29, 0.717) is 6.41 Å². The lowest BCUT2D eigenvalue weighted by molar-refractivity contribution is -0.105. The molecule has 0 aliphatic heterocycles. The van der Waals surface area contributed by atoms with Crippen LogP contribution >= 0.6 is 0 Å². The monoisotopic (exact) mass is 166 g/mol. The van der Waals surface area contributed by atoms with Crippen LogP contribution in [0.2, 0.25) is 0 Å². The lowest BCUT2D eigenvalue weighted by Crippen LogP contribution is -1.96. The number of benzene rings is 1. The van der Waals surface area contributed by atoms with Crippen LogP contribution in [0.5, 0.6) is 0 Å². The van der Waals surface area contributed by atoms with Crippen molar-refractivity contribution in [2.45, 2.75) is 0 Å². The fourth-order valence-electron chi connectivity index (χ4n) is 0.820. The van der Waals surface area contributed by atoms with Crippen molar-refractivity contribution >= 4 is 17.8 Å². The van der Waals surface area contributed by atoms with Crippen LogP contribution < -0.4 is 10.8 Å². The average Bonchev–Trinajstić information content (AvgIpc) is 2.09. The van der Waals surface area contributed by atoms with E-state index >= 15 is 0 Å². The maximum Gasteiger partial charge on any atom is 0.211 e. The summed E-state index contributed by atoms with van der Waals surface area (Å²) in [7, 11) is 1.54. The van der Waals surface area contributed by atoms with E-state index < -0.39 is 0 Å². The van der Waals surface area contributed by atoms with Gasteiger partial charge in [0.1, 0.15) is 0 Å². The molecule has 1 amide bonds. The third-order valence-electron chi connectivity index (χ3n) is 1.33. The molecule has 0 fully saturated rings. The molecule has 0 spiro atoms. The highest BCUT2D eigenvalue weighted by Crippen LogP contribution is 2.12. The van der Waals surface area contributed by atoms with E-state index in [1.54, 1.807) is 24.3 Å². The fourth-order valence-corrected chi connectivity index (χ4v) is 0.820. The highest BCUT2D eigenvalue weighted by Gasteiger charge is 1.90. The Kier molecular flexibility index (Phi) is 3.10. The minimum absolute atomic E-state index is 0.638. The second-order valence-corrected chi connectivity index (χ2v) is 2.15. The summed E-state index contributed by atoms with van der Waals surface area (Å²) >= 11 is 0. The Morgan fingerprint density at radius 1 is 1.25 bits per heavy atom. The van der Waals surface area contributed by atoms with Crippen LogP contribution in [-0.2, 0) is 9.63 Å². The number of carbonyl (C=O) groups excluding carboxylic acids is 1.